The molecule has 0 unspecified atom stereocenters. The number of esters is 1. The SMILES string of the molecule is COC(=O)CCC(=O)c1ccc(OC)c2ccccc12. The molecule has 0 saturated carbocycles. The van der Waals surface area contributed by atoms with Gasteiger partial charge < -0.3 is 9.47 Å². The van der Waals surface area contributed by atoms with Crippen molar-refractivity contribution in [2.45, 2.75) is 12.8 Å². The van der Waals surface area contributed by atoms with Gasteiger partial charge in [-0.05, 0) is 17.5 Å². The van der Waals surface area contributed by atoms with Gasteiger partial charge in [0.2, 0.25) is 0 Å². The van der Waals surface area contributed by atoms with Crippen molar-refractivity contribution in [3.05, 3.63) is 42.0 Å². The van der Waals surface area contributed by atoms with E-state index >= 15 is 0 Å². The Hall–Kier alpha value is -2.36. The molecule has 2 aromatic carbocycles. The van der Waals surface area contributed by atoms with E-state index in [2.05, 4.69) is 4.74 Å². The second-order valence-corrected chi connectivity index (χ2v) is 4.36. The molecule has 4 nitrogen and oxygen atoms in total. The van der Waals surface area contributed by atoms with E-state index in [1.807, 2.05) is 24.3 Å². The summed E-state index contributed by atoms with van der Waals surface area (Å²) in [5.74, 6) is 0.274. The average molecular weight is 272 g/mol. The van der Waals surface area contributed by atoms with Gasteiger partial charge in [0.05, 0.1) is 20.6 Å². The van der Waals surface area contributed by atoms with Crippen LogP contribution in [-0.4, -0.2) is 26.0 Å². The van der Waals surface area contributed by atoms with Crippen LogP contribution in [0.5, 0.6) is 5.75 Å². The lowest BCUT2D eigenvalue weighted by molar-refractivity contribution is -0.140. The Kier molecular flexibility index (Phi) is 4.35. The van der Waals surface area contributed by atoms with Crippen molar-refractivity contribution in [3.8, 4) is 5.75 Å². The molecule has 2 rings (SSSR count). The third-order valence-electron chi connectivity index (χ3n) is 3.19. The minimum atomic E-state index is -0.379. The summed E-state index contributed by atoms with van der Waals surface area (Å²) >= 11 is 0. The summed E-state index contributed by atoms with van der Waals surface area (Å²) in [7, 11) is 2.91. The van der Waals surface area contributed by atoms with Crippen molar-refractivity contribution < 1.29 is 19.1 Å². The predicted octanol–water partition coefficient (Wildman–Crippen LogP) is 2.98. The molecule has 0 aromatic heterocycles. The molecular weight excluding hydrogens is 256 g/mol. The lowest BCUT2D eigenvalue weighted by atomic mass is 9.98. The van der Waals surface area contributed by atoms with Crippen LogP contribution in [0.2, 0.25) is 0 Å². The topological polar surface area (TPSA) is 52.6 Å². The highest BCUT2D eigenvalue weighted by atomic mass is 16.5. The molecule has 0 atom stereocenters. The first-order valence-corrected chi connectivity index (χ1v) is 6.33. The molecule has 0 fully saturated rings. The molecule has 0 spiro atoms. The molecule has 0 N–H and O–H groups in total. The van der Waals surface area contributed by atoms with Crippen molar-refractivity contribution in [2.24, 2.45) is 0 Å². The van der Waals surface area contributed by atoms with Crippen molar-refractivity contribution in [1.29, 1.82) is 0 Å². The number of hydrogen-bond donors (Lipinski definition) is 0. The number of carbonyl (C=O) groups excluding carboxylic acids is 2. The largest absolute Gasteiger partial charge is 0.496 e. The number of methoxy groups -OCH3 is 2. The fraction of sp³-hybridized carbons (Fsp3) is 0.250. The number of benzene rings is 2. The molecular formula is C16H16O4. The van der Waals surface area contributed by atoms with Crippen molar-refractivity contribution >= 4 is 22.5 Å². The second kappa shape index (κ2) is 6.19. The Morgan fingerprint density at radius 2 is 1.65 bits per heavy atom. The first-order chi connectivity index (χ1) is 9.67. The fourth-order valence-corrected chi connectivity index (χ4v) is 2.14. The number of carbonyl (C=O) groups is 2. The zero-order valence-corrected chi connectivity index (χ0v) is 11.5. The molecule has 0 heterocycles. The fourth-order valence-electron chi connectivity index (χ4n) is 2.14. The Morgan fingerprint density at radius 1 is 0.950 bits per heavy atom. The van der Waals surface area contributed by atoms with Gasteiger partial charge in [0, 0.05) is 17.4 Å². The van der Waals surface area contributed by atoms with Crippen LogP contribution in [0.1, 0.15) is 23.2 Å². The summed E-state index contributed by atoms with van der Waals surface area (Å²) in [6.07, 6.45) is 0.235. The maximum Gasteiger partial charge on any atom is 0.305 e. The van der Waals surface area contributed by atoms with Gasteiger partial charge in [-0.1, -0.05) is 24.3 Å². The van der Waals surface area contributed by atoms with Gasteiger partial charge in [-0.15, -0.1) is 0 Å². The molecule has 0 aliphatic carbocycles. The highest BCUT2D eigenvalue weighted by molar-refractivity contribution is 6.10. The second-order valence-electron chi connectivity index (χ2n) is 4.36. The van der Waals surface area contributed by atoms with Gasteiger partial charge in [0.1, 0.15) is 5.75 Å². The molecule has 20 heavy (non-hydrogen) atoms. The minimum Gasteiger partial charge on any atom is -0.496 e. The van der Waals surface area contributed by atoms with E-state index in [0.29, 0.717) is 5.56 Å². The van der Waals surface area contributed by atoms with Gasteiger partial charge in [0.25, 0.3) is 0 Å². The Bertz CT molecular complexity index is 646. The standard InChI is InChI=1S/C16H16O4/c1-19-15-9-7-12(11-5-3-4-6-13(11)15)14(17)8-10-16(18)20-2/h3-7,9H,8,10H2,1-2H3. The quantitative estimate of drug-likeness (QED) is 0.620. The lowest BCUT2D eigenvalue weighted by Gasteiger charge is -2.09. The zero-order valence-electron chi connectivity index (χ0n) is 11.5. The van der Waals surface area contributed by atoms with Crippen LogP contribution in [-0.2, 0) is 9.53 Å². The Balaban J connectivity index is 2.35. The summed E-state index contributed by atoms with van der Waals surface area (Å²) in [5, 5.41) is 1.72. The Morgan fingerprint density at radius 3 is 2.30 bits per heavy atom. The normalized spacial score (nSPS) is 10.3. The van der Waals surface area contributed by atoms with E-state index in [1.165, 1.54) is 7.11 Å². The van der Waals surface area contributed by atoms with Gasteiger partial charge in [-0.3, -0.25) is 9.59 Å². The molecule has 0 radical (unpaired) electrons. The van der Waals surface area contributed by atoms with Crippen molar-refractivity contribution in [2.75, 3.05) is 14.2 Å². The zero-order chi connectivity index (χ0) is 14.5. The van der Waals surface area contributed by atoms with E-state index in [-0.39, 0.29) is 24.6 Å². The summed E-state index contributed by atoms with van der Waals surface area (Å²) in [5.41, 5.74) is 0.602. The van der Waals surface area contributed by atoms with Crippen LogP contribution in [0.25, 0.3) is 10.8 Å². The monoisotopic (exact) mass is 272 g/mol. The van der Waals surface area contributed by atoms with Crippen LogP contribution < -0.4 is 4.74 Å². The first-order valence-electron chi connectivity index (χ1n) is 6.33. The highest BCUT2D eigenvalue weighted by Gasteiger charge is 2.14. The third kappa shape index (κ3) is 2.79. The number of Topliss-reactive ketones (excluding diaryl/α,β-unsaturated/α-hetero) is 1. The molecule has 0 amide bonds. The van der Waals surface area contributed by atoms with E-state index in [9.17, 15) is 9.59 Å². The van der Waals surface area contributed by atoms with Crippen molar-refractivity contribution in [1.82, 2.24) is 0 Å². The number of ether oxygens (including phenoxy) is 2. The van der Waals surface area contributed by atoms with Crippen LogP contribution in [0.3, 0.4) is 0 Å². The van der Waals surface area contributed by atoms with Gasteiger partial charge in [-0.25, -0.2) is 0 Å². The molecule has 0 saturated heterocycles. The van der Waals surface area contributed by atoms with E-state index in [4.69, 9.17) is 4.74 Å². The van der Waals surface area contributed by atoms with Gasteiger partial charge >= 0.3 is 5.97 Å². The van der Waals surface area contributed by atoms with E-state index < -0.39 is 0 Å². The molecule has 0 bridgehead atoms. The molecule has 2 aromatic rings. The minimum absolute atomic E-state index is 0.0748. The Labute approximate surface area is 117 Å². The van der Waals surface area contributed by atoms with Crippen LogP contribution in [0, 0.1) is 0 Å². The van der Waals surface area contributed by atoms with E-state index in [1.54, 1.807) is 19.2 Å². The van der Waals surface area contributed by atoms with Crippen molar-refractivity contribution in [3.63, 3.8) is 0 Å². The summed E-state index contributed by atoms with van der Waals surface area (Å²) in [6, 6.07) is 11.1. The van der Waals surface area contributed by atoms with Gasteiger partial charge in [0.15, 0.2) is 5.78 Å². The lowest BCUT2D eigenvalue weighted by Crippen LogP contribution is -2.06. The molecule has 4 heteroatoms. The first kappa shape index (κ1) is 14.1. The maximum atomic E-state index is 12.2. The number of ketones is 1. The average Bonchev–Trinajstić information content (AvgIpc) is 2.51. The molecule has 104 valence electrons. The summed E-state index contributed by atoms with van der Waals surface area (Å²) < 4.78 is 9.84. The van der Waals surface area contributed by atoms with Gasteiger partial charge in [-0.2, -0.15) is 0 Å². The van der Waals surface area contributed by atoms with E-state index in [0.717, 1.165) is 16.5 Å². The predicted molar refractivity (Wildman–Crippen MR) is 76.1 cm³/mol. The number of hydrogen-bond acceptors (Lipinski definition) is 4. The number of rotatable bonds is 5. The summed E-state index contributed by atoms with van der Waals surface area (Å²) in [4.78, 5) is 23.3. The van der Waals surface area contributed by atoms with Crippen LogP contribution in [0.15, 0.2) is 36.4 Å². The molecule has 0 aliphatic rings. The number of fused-ring (bicyclic) bond motifs is 1. The highest BCUT2D eigenvalue weighted by Crippen LogP contribution is 2.29. The van der Waals surface area contributed by atoms with Crippen LogP contribution >= 0.6 is 0 Å². The maximum absolute atomic E-state index is 12.2. The smallest absolute Gasteiger partial charge is 0.305 e. The summed E-state index contributed by atoms with van der Waals surface area (Å²) in [6.45, 7) is 0. The van der Waals surface area contributed by atoms with Crippen LogP contribution in [0.4, 0.5) is 0 Å². The molecule has 0 aliphatic heterocycles. The third-order valence-corrected chi connectivity index (χ3v) is 3.19.